The van der Waals surface area contributed by atoms with Gasteiger partial charge < -0.3 is 19.4 Å². The van der Waals surface area contributed by atoms with Crippen LogP contribution < -0.4 is 14.8 Å². The number of hydrogen-bond acceptors (Lipinski definition) is 4. The molecular formula is C24H29N3O3. The molecule has 2 aromatic carbocycles. The van der Waals surface area contributed by atoms with Crippen molar-refractivity contribution in [3.63, 3.8) is 0 Å². The Labute approximate surface area is 177 Å². The number of benzene rings is 2. The number of ether oxygens (including phenoxy) is 2. The summed E-state index contributed by atoms with van der Waals surface area (Å²) in [6, 6.07) is 15.9. The summed E-state index contributed by atoms with van der Waals surface area (Å²) in [6.45, 7) is 3.87. The molecule has 158 valence electrons. The van der Waals surface area contributed by atoms with E-state index in [2.05, 4.69) is 16.0 Å². The molecule has 0 bridgehead atoms. The topological polar surface area (TPSA) is 65.4 Å². The first-order valence-electron chi connectivity index (χ1n) is 10.3. The summed E-state index contributed by atoms with van der Waals surface area (Å²) in [5.74, 6) is 2.48. The number of amides is 1. The predicted octanol–water partition coefficient (Wildman–Crippen LogP) is 4.14. The molecule has 0 unspecified atom stereocenters. The minimum absolute atomic E-state index is 0.0560. The van der Waals surface area contributed by atoms with Gasteiger partial charge in [0.2, 0.25) is 5.91 Å². The van der Waals surface area contributed by atoms with Crippen molar-refractivity contribution in [3.8, 4) is 11.5 Å². The van der Waals surface area contributed by atoms with Gasteiger partial charge in [-0.3, -0.25) is 4.79 Å². The number of para-hydroxylation sites is 4. The van der Waals surface area contributed by atoms with Gasteiger partial charge in [0.25, 0.3) is 0 Å². The molecule has 3 rings (SSSR count). The standard InChI is InChI=1S/C24H29N3O3/c1-3-10-24(28)25-16-8-15-23-26-19-11-4-5-12-20(19)27(23)17-9-18-30-22-14-7-6-13-21(22)29-2/h3-7,10-14H,8-9,15-18H2,1-2H3,(H,25,28)/b10-3-. The van der Waals surface area contributed by atoms with E-state index >= 15 is 0 Å². The van der Waals surface area contributed by atoms with Gasteiger partial charge in [-0.05, 0) is 50.1 Å². The second-order valence-corrected chi connectivity index (χ2v) is 6.92. The first-order chi connectivity index (χ1) is 14.7. The molecule has 0 aliphatic carbocycles. The average Bonchev–Trinajstić information content (AvgIpc) is 3.12. The second kappa shape index (κ2) is 11.0. The van der Waals surface area contributed by atoms with Crippen LogP contribution in [0.25, 0.3) is 11.0 Å². The van der Waals surface area contributed by atoms with Crippen LogP contribution >= 0.6 is 0 Å². The molecule has 0 fully saturated rings. The molecule has 0 atom stereocenters. The van der Waals surface area contributed by atoms with Crippen molar-refractivity contribution in [2.75, 3.05) is 20.3 Å². The Balaban J connectivity index is 1.59. The van der Waals surface area contributed by atoms with Gasteiger partial charge in [-0.25, -0.2) is 4.98 Å². The van der Waals surface area contributed by atoms with E-state index in [1.807, 2.05) is 49.4 Å². The molecule has 6 nitrogen and oxygen atoms in total. The third kappa shape index (κ3) is 5.63. The van der Waals surface area contributed by atoms with E-state index in [1.54, 1.807) is 13.2 Å². The van der Waals surface area contributed by atoms with Crippen LogP contribution in [-0.4, -0.2) is 35.7 Å². The number of hydrogen-bond donors (Lipinski definition) is 1. The Morgan fingerprint density at radius 1 is 1.10 bits per heavy atom. The lowest BCUT2D eigenvalue weighted by atomic mass is 10.2. The third-order valence-electron chi connectivity index (χ3n) is 4.78. The van der Waals surface area contributed by atoms with E-state index in [9.17, 15) is 4.79 Å². The minimum Gasteiger partial charge on any atom is -0.493 e. The quantitative estimate of drug-likeness (QED) is 0.383. The van der Waals surface area contributed by atoms with Gasteiger partial charge in [0.1, 0.15) is 5.82 Å². The maximum atomic E-state index is 11.6. The second-order valence-electron chi connectivity index (χ2n) is 6.92. The molecule has 0 aliphatic rings. The summed E-state index contributed by atoms with van der Waals surface area (Å²) < 4.78 is 13.5. The lowest BCUT2D eigenvalue weighted by Gasteiger charge is -2.12. The average molecular weight is 408 g/mol. The largest absolute Gasteiger partial charge is 0.493 e. The zero-order valence-electron chi connectivity index (χ0n) is 17.6. The van der Waals surface area contributed by atoms with Crippen LogP contribution in [0.15, 0.2) is 60.7 Å². The smallest absolute Gasteiger partial charge is 0.243 e. The number of aryl methyl sites for hydroxylation is 2. The first kappa shape index (κ1) is 21.4. The van der Waals surface area contributed by atoms with Crippen LogP contribution in [0, 0.1) is 0 Å². The van der Waals surface area contributed by atoms with E-state index in [0.717, 1.165) is 54.2 Å². The minimum atomic E-state index is -0.0560. The number of fused-ring (bicyclic) bond motifs is 1. The fourth-order valence-electron chi connectivity index (χ4n) is 3.38. The highest BCUT2D eigenvalue weighted by atomic mass is 16.5. The lowest BCUT2D eigenvalue weighted by molar-refractivity contribution is -0.116. The molecule has 1 N–H and O–H groups in total. The molecule has 0 saturated carbocycles. The van der Waals surface area contributed by atoms with Crippen LogP contribution in [-0.2, 0) is 17.8 Å². The van der Waals surface area contributed by atoms with Crippen LogP contribution in [0.2, 0.25) is 0 Å². The number of methoxy groups -OCH3 is 1. The van der Waals surface area contributed by atoms with Crippen LogP contribution in [0.1, 0.15) is 25.6 Å². The fraction of sp³-hybridized carbons (Fsp3) is 0.333. The van der Waals surface area contributed by atoms with Gasteiger partial charge in [0.05, 0.1) is 24.8 Å². The van der Waals surface area contributed by atoms with Crippen molar-refractivity contribution >= 4 is 16.9 Å². The lowest BCUT2D eigenvalue weighted by Crippen LogP contribution is -2.22. The van der Waals surface area contributed by atoms with E-state index in [1.165, 1.54) is 6.08 Å². The predicted molar refractivity (Wildman–Crippen MR) is 119 cm³/mol. The highest BCUT2D eigenvalue weighted by Gasteiger charge is 2.10. The van der Waals surface area contributed by atoms with Gasteiger partial charge in [0, 0.05) is 19.5 Å². The molecule has 1 aromatic heterocycles. The molecule has 0 aliphatic heterocycles. The zero-order valence-corrected chi connectivity index (χ0v) is 17.6. The van der Waals surface area contributed by atoms with E-state index in [4.69, 9.17) is 14.5 Å². The van der Waals surface area contributed by atoms with Crippen molar-refractivity contribution in [2.45, 2.75) is 32.7 Å². The summed E-state index contributed by atoms with van der Waals surface area (Å²) in [6.07, 6.45) is 5.77. The summed E-state index contributed by atoms with van der Waals surface area (Å²) in [7, 11) is 1.65. The first-order valence-corrected chi connectivity index (χ1v) is 10.3. The number of carbonyl (C=O) groups is 1. The summed E-state index contributed by atoms with van der Waals surface area (Å²) in [4.78, 5) is 16.4. The fourth-order valence-corrected chi connectivity index (χ4v) is 3.38. The number of allylic oxidation sites excluding steroid dienone is 1. The summed E-state index contributed by atoms with van der Waals surface area (Å²) in [5, 5.41) is 2.89. The van der Waals surface area contributed by atoms with Crippen molar-refractivity contribution < 1.29 is 14.3 Å². The number of imidazole rings is 1. The molecular weight excluding hydrogens is 378 g/mol. The Morgan fingerprint density at radius 3 is 2.67 bits per heavy atom. The normalized spacial score (nSPS) is 11.1. The van der Waals surface area contributed by atoms with E-state index in [0.29, 0.717) is 13.2 Å². The van der Waals surface area contributed by atoms with E-state index < -0.39 is 0 Å². The van der Waals surface area contributed by atoms with Gasteiger partial charge in [-0.2, -0.15) is 0 Å². The summed E-state index contributed by atoms with van der Waals surface area (Å²) in [5.41, 5.74) is 2.12. The van der Waals surface area contributed by atoms with Crippen LogP contribution in [0.3, 0.4) is 0 Å². The Morgan fingerprint density at radius 2 is 1.87 bits per heavy atom. The van der Waals surface area contributed by atoms with Crippen molar-refractivity contribution in [1.82, 2.24) is 14.9 Å². The maximum Gasteiger partial charge on any atom is 0.243 e. The molecule has 0 saturated heterocycles. The van der Waals surface area contributed by atoms with Gasteiger partial charge in [-0.15, -0.1) is 0 Å². The maximum absolute atomic E-state index is 11.6. The number of rotatable bonds is 11. The Bertz CT molecular complexity index is 994. The molecule has 3 aromatic rings. The number of nitrogens with zero attached hydrogens (tertiary/aromatic N) is 2. The number of nitrogens with one attached hydrogen (secondary N) is 1. The molecule has 0 radical (unpaired) electrons. The summed E-state index contributed by atoms with van der Waals surface area (Å²) >= 11 is 0. The SMILES string of the molecule is C/C=C\C(=O)NCCCc1nc2ccccc2n1CCCOc1ccccc1OC. The Hall–Kier alpha value is -3.28. The highest BCUT2D eigenvalue weighted by Crippen LogP contribution is 2.26. The van der Waals surface area contributed by atoms with Gasteiger partial charge in [-0.1, -0.05) is 30.3 Å². The third-order valence-corrected chi connectivity index (χ3v) is 4.78. The van der Waals surface area contributed by atoms with Crippen LogP contribution in [0.5, 0.6) is 11.5 Å². The number of carbonyl (C=O) groups excluding carboxylic acids is 1. The molecule has 30 heavy (non-hydrogen) atoms. The van der Waals surface area contributed by atoms with Crippen molar-refractivity contribution in [2.24, 2.45) is 0 Å². The molecule has 0 spiro atoms. The molecule has 1 heterocycles. The van der Waals surface area contributed by atoms with Gasteiger partial charge >= 0.3 is 0 Å². The molecule has 1 amide bonds. The van der Waals surface area contributed by atoms with Gasteiger partial charge in [0.15, 0.2) is 11.5 Å². The van der Waals surface area contributed by atoms with E-state index in [-0.39, 0.29) is 5.91 Å². The molecule has 6 heteroatoms. The Kier molecular flexibility index (Phi) is 7.89. The van der Waals surface area contributed by atoms with Crippen molar-refractivity contribution in [3.05, 3.63) is 66.5 Å². The number of aromatic nitrogens is 2. The monoisotopic (exact) mass is 407 g/mol. The van der Waals surface area contributed by atoms with Crippen LogP contribution in [0.4, 0.5) is 0 Å². The highest BCUT2D eigenvalue weighted by molar-refractivity contribution is 5.87. The zero-order chi connectivity index (χ0) is 21.2. The van der Waals surface area contributed by atoms with Crippen molar-refractivity contribution in [1.29, 1.82) is 0 Å².